The minimum atomic E-state index is 0.164. The van der Waals surface area contributed by atoms with E-state index < -0.39 is 0 Å². The van der Waals surface area contributed by atoms with E-state index in [0.29, 0.717) is 11.5 Å². The van der Waals surface area contributed by atoms with E-state index in [9.17, 15) is 4.79 Å². The Bertz CT molecular complexity index is 305. The third kappa shape index (κ3) is 2.87. The SMILES string of the molecule is CC(C)C(C)Oc1cccc(C=O)c1. The topological polar surface area (TPSA) is 26.3 Å². The van der Waals surface area contributed by atoms with Crippen molar-refractivity contribution in [1.82, 2.24) is 0 Å². The van der Waals surface area contributed by atoms with Gasteiger partial charge in [-0.3, -0.25) is 4.79 Å². The normalized spacial score (nSPS) is 12.6. The van der Waals surface area contributed by atoms with E-state index in [2.05, 4.69) is 13.8 Å². The summed E-state index contributed by atoms with van der Waals surface area (Å²) in [5.41, 5.74) is 0.651. The van der Waals surface area contributed by atoms with Crippen molar-refractivity contribution < 1.29 is 9.53 Å². The van der Waals surface area contributed by atoms with Crippen LogP contribution in [0.2, 0.25) is 0 Å². The molecule has 0 aliphatic rings. The summed E-state index contributed by atoms with van der Waals surface area (Å²) in [5.74, 6) is 1.23. The predicted octanol–water partition coefficient (Wildman–Crippen LogP) is 2.92. The summed E-state index contributed by atoms with van der Waals surface area (Å²) < 4.78 is 5.66. The molecule has 2 heteroatoms. The van der Waals surface area contributed by atoms with Crippen LogP contribution in [0.5, 0.6) is 5.75 Å². The second-order valence-corrected chi connectivity index (χ2v) is 3.76. The summed E-state index contributed by atoms with van der Waals surface area (Å²) in [4.78, 5) is 10.5. The molecular weight excluding hydrogens is 176 g/mol. The van der Waals surface area contributed by atoms with Gasteiger partial charge >= 0.3 is 0 Å². The van der Waals surface area contributed by atoms with Gasteiger partial charge in [-0.15, -0.1) is 0 Å². The average Bonchev–Trinajstić information content (AvgIpc) is 2.18. The van der Waals surface area contributed by atoms with Gasteiger partial charge in [-0.05, 0) is 25.0 Å². The van der Waals surface area contributed by atoms with E-state index >= 15 is 0 Å². The van der Waals surface area contributed by atoms with Crippen LogP contribution in [0.1, 0.15) is 31.1 Å². The molecule has 0 amide bonds. The summed E-state index contributed by atoms with van der Waals surface area (Å²) in [5, 5.41) is 0. The molecule has 0 saturated heterocycles. The minimum absolute atomic E-state index is 0.164. The molecule has 1 aromatic carbocycles. The third-order valence-corrected chi connectivity index (χ3v) is 2.25. The molecule has 0 radical (unpaired) electrons. The van der Waals surface area contributed by atoms with E-state index in [1.165, 1.54) is 0 Å². The lowest BCUT2D eigenvalue weighted by Gasteiger charge is -2.18. The van der Waals surface area contributed by atoms with Crippen LogP contribution in [-0.4, -0.2) is 12.4 Å². The van der Waals surface area contributed by atoms with Crippen molar-refractivity contribution in [2.75, 3.05) is 0 Å². The molecule has 1 atom stereocenters. The molecule has 0 saturated carbocycles. The number of hydrogen-bond donors (Lipinski definition) is 0. The molecule has 0 fully saturated rings. The van der Waals surface area contributed by atoms with Crippen molar-refractivity contribution in [3.8, 4) is 5.75 Å². The largest absolute Gasteiger partial charge is 0.490 e. The summed E-state index contributed by atoms with van der Waals surface area (Å²) in [7, 11) is 0. The predicted molar refractivity (Wildman–Crippen MR) is 56.8 cm³/mol. The van der Waals surface area contributed by atoms with Gasteiger partial charge in [0.25, 0.3) is 0 Å². The molecule has 0 aromatic heterocycles. The fourth-order valence-electron chi connectivity index (χ4n) is 1.01. The Morgan fingerprint density at radius 1 is 1.29 bits per heavy atom. The number of carbonyl (C=O) groups excluding carboxylic acids is 1. The molecule has 76 valence electrons. The third-order valence-electron chi connectivity index (χ3n) is 2.25. The Morgan fingerprint density at radius 2 is 2.00 bits per heavy atom. The standard InChI is InChI=1S/C12H16O2/c1-9(2)10(3)14-12-6-4-5-11(7-12)8-13/h4-10H,1-3H3. The minimum Gasteiger partial charge on any atom is -0.490 e. The van der Waals surface area contributed by atoms with Crippen molar-refractivity contribution in [2.24, 2.45) is 5.92 Å². The van der Waals surface area contributed by atoms with Gasteiger partial charge in [0, 0.05) is 5.56 Å². The van der Waals surface area contributed by atoms with E-state index in [1.807, 2.05) is 19.1 Å². The lowest BCUT2D eigenvalue weighted by Crippen LogP contribution is -2.18. The molecule has 0 N–H and O–H groups in total. The molecule has 0 spiro atoms. The Balaban J connectivity index is 2.71. The Hall–Kier alpha value is -1.31. The van der Waals surface area contributed by atoms with Gasteiger partial charge in [-0.1, -0.05) is 26.0 Å². The van der Waals surface area contributed by atoms with Crippen LogP contribution in [0, 0.1) is 5.92 Å². The zero-order chi connectivity index (χ0) is 10.6. The van der Waals surface area contributed by atoms with E-state index in [-0.39, 0.29) is 6.10 Å². The first-order valence-electron chi connectivity index (χ1n) is 4.85. The molecule has 0 aliphatic heterocycles. The summed E-state index contributed by atoms with van der Waals surface area (Å²) in [6, 6.07) is 7.21. The zero-order valence-electron chi connectivity index (χ0n) is 8.86. The van der Waals surface area contributed by atoms with Crippen LogP contribution in [0.15, 0.2) is 24.3 Å². The van der Waals surface area contributed by atoms with Gasteiger partial charge < -0.3 is 4.74 Å². The summed E-state index contributed by atoms with van der Waals surface area (Å²) >= 11 is 0. The van der Waals surface area contributed by atoms with Crippen LogP contribution in [-0.2, 0) is 0 Å². The number of hydrogen-bond acceptors (Lipinski definition) is 2. The lowest BCUT2D eigenvalue weighted by molar-refractivity contribution is 0.112. The molecule has 1 aromatic rings. The lowest BCUT2D eigenvalue weighted by atomic mass is 10.1. The second kappa shape index (κ2) is 4.80. The monoisotopic (exact) mass is 192 g/mol. The molecule has 1 rings (SSSR count). The number of aldehydes is 1. The van der Waals surface area contributed by atoms with Gasteiger partial charge in [0.05, 0.1) is 6.10 Å². The van der Waals surface area contributed by atoms with Crippen LogP contribution < -0.4 is 4.74 Å². The van der Waals surface area contributed by atoms with Crippen molar-refractivity contribution >= 4 is 6.29 Å². The van der Waals surface area contributed by atoms with Gasteiger partial charge in [0.15, 0.2) is 0 Å². The van der Waals surface area contributed by atoms with Crippen molar-refractivity contribution in [3.63, 3.8) is 0 Å². The van der Waals surface area contributed by atoms with Gasteiger partial charge in [-0.2, -0.15) is 0 Å². The van der Waals surface area contributed by atoms with Crippen LogP contribution in [0.3, 0.4) is 0 Å². The fraction of sp³-hybridized carbons (Fsp3) is 0.417. The van der Waals surface area contributed by atoms with Crippen LogP contribution in [0.25, 0.3) is 0 Å². The molecule has 14 heavy (non-hydrogen) atoms. The van der Waals surface area contributed by atoms with Crippen molar-refractivity contribution in [1.29, 1.82) is 0 Å². The first-order chi connectivity index (χ1) is 6.63. The Kier molecular flexibility index (Phi) is 3.69. The van der Waals surface area contributed by atoms with Crippen molar-refractivity contribution in [2.45, 2.75) is 26.9 Å². The highest BCUT2D eigenvalue weighted by Crippen LogP contribution is 2.16. The average molecular weight is 192 g/mol. The van der Waals surface area contributed by atoms with Gasteiger partial charge in [0.2, 0.25) is 0 Å². The second-order valence-electron chi connectivity index (χ2n) is 3.76. The Labute approximate surface area is 84.9 Å². The molecule has 0 aliphatic carbocycles. The summed E-state index contributed by atoms with van der Waals surface area (Å²) in [6.45, 7) is 6.24. The Morgan fingerprint density at radius 3 is 2.57 bits per heavy atom. The molecule has 0 bridgehead atoms. The van der Waals surface area contributed by atoms with Crippen LogP contribution in [0.4, 0.5) is 0 Å². The number of ether oxygens (including phenoxy) is 1. The first kappa shape index (κ1) is 10.8. The maximum atomic E-state index is 10.5. The van der Waals surface area contributed by atoms with Crippen molar-refractivity contribution in [3.05, 3.63) is 29.8 Å². The van der Waals surface area contributed by atoms with E-state index in [1.54, 1.807) is 12.1 Å². The first-order valence-corrected chi connectivity index (χ1v) is 4.85. The van der Waals surface area contributed by atoms with Crippen LogP contribution >= 0.6 is 0 Å². The maximum Gasteiger partial charge on any atom is 0.150 e. The highest BCUT2D eigenvalue weighted by Gasteiger charge is 2.08. The van der Waals surface area contributed by atoms with E-state index in [4.69, 9.17) is 4.74 Å². The quantitative estimate of drug-likeness (QED) is 0.685. The summed E-state index contributed by atoms with van der Waals surface area (Å²) in [6.07, 6.45) is 0.990. The highest BCUT2D eigenvalue weighted by molar-refractivity contribution is 5.75. The van der Waals surface area contributed by atoms with Gasteiger partial charge in [0.1, 0.15) is 12.0 Å². The molecule has 1 unspecified atom stereocenters. The molecule has 0 heterocycles. The fourth-order valence-corrected chi connectivity index (χ4v) is 1.01. The number of rotatable bonds is 4. The maximum absolute atomic E-state index is 10.5. The van der Waals surface area contributed by atoms with E-state index in [0.717, 1.165) is 12.0 Å². The number of benzene rings is 1. The molecule has 2 nitrogen and oxygen atoms in total. The van der Waals surface area contributed by atoms with Gasteiger partial charge in [-0.25, -0.2) is 0 Å². The highest BCUT2D eigenvalue weighted by atomic mass is 16.5. The smallest absolute Gasteiger partial charge is 0.150 e. The number of carbonyl (C=O) groups is 1. The zero-order valence-corrected chi connectivity index (χ0v) is 8.86. The molecular formula is C12H16O2.